The van der Waals surface area contributed by atoms with Crippen molar-refractivity contribution in [2.45, 2.75) is 238 Å². The quantitative estimate of drug-likeness (QED) is 0.0506. The predicted molar refractivity (Wildman–Crippen MR) is 212 cm³/mol. The average molecular weight is 708 g/mol. The van der Waals surface area contributed by atoms with Crippen molar-refractivity contribution in [1.29, 1.82) is 0 Å². The molecule has 0 saturated carbocycles. The third kappa shape index (κ3) is 26.6. The maximum Gasteiger partial charge on any atom is 0.313 e. The molecule has 1 saturated heterocycles. The van der Waals surface area contributed by atoms with Crippen LogP contribution in [0.25, 0.3) is 0 Å². The van der Waals surface area contributed by atoms with Crippen molar-refractivity contribution in [2.75, 3.05) is 26.2 Å². The smallest absolute Gasteiger partial charge is 0.313 e. The first-order valence-electron chi connectivity index (χ1n) is 22.3. The number of carbonyl (C=O) groups is 2. The van der Waals surface area contributed by atoms with Crippen molar-refractivity contribution in [3.05, 3.63) is 0 Å². The Bertz CT molecular complexity index is 745. The van der Waals surface area contributed by atoms with Crippen LogP contribution < -0.4 is 0 Å². The molecule has 0 aromatic rings. The van der Waals surface area contributed by atoms with E-state index in [1.807, 2.05) is 0 Å². The predicted octanol–water partition coefficient (Wildman–Crippen LogP) is 12.3. The first-order chi connectivity index (χ1) is 24.5. The van der Waals surface area contributed by atoms with Crippen LogP contribution in [0.15, 0.2) is 0 Å². The molecule has 0 aromatic heterocycles. The summed E-state index contributed by atoms with van der Waals surface area (Å²) in [7, 11) is 0. The van der Waals surface area contributed by atoms with E-state index in [1.165, 1.54) is 135 Å². The molecule has 6 nitrogen and oxygen atoms in total. The Hall–Kier alpha value is -1.14. The summed E-state index contributed by atoms with van der Waals surface area (Å²) < 4.78 is 11.5. The number of nitrogens with zero attached hydrogens (tertiary/aromatic N) is 1. The van der Waals surface area contributed by atoms with E-state index >= 15 is 0 Å². The number of carbonyl (C=O) groups excluding carboxylic acids is 2. The molecule has 1 fully saturated rings. The minimum Gasteiger partial charge on any atom is -0.462 e. The summed E-state index contributed by atoms with van der Waals surface area (Å²) in [6.07, 6.45) is 38.5. The van der Waals surface area contributed by atoms with Crippen LogP contribution in [0.4, 0.5) is 0 Å². The highest BCUT2D eigenvalue weighted by atomic mass is 16.6. The molecule has 2 unspecified atom stereocenters. The standard InChI is InChI=1S/C44H85NO5/c1-4-7-10-13-16-17-18-19-23-28-33-42-41(44(48)50-42)35-37-45(38-39-46)36-30-25-20-24-29-34-43(47)49-40(31-26-21-14-11-8-5-2)32-27-22-15-12-9-6-3/h40-42,46H,4-39H2,1-3H3. The summed E-state index contributed by atoms with van der Waals surface area (Å²) >= 11 is 0. The molecule has 0 amide bonds. The van der Waals surface area contributed by atoms with Crippen molar-refractivity contribution in [3.8, 4) is 0 Å². The molecule has 50 heavy (non-hydrogen) atoms. The minimum absolute atomic E-state index is 0.00192. The van der Waals surface area contributed by atoms with Crippen molar-refractivity contribution < 1.29 is 24.2 Å². The SMILES string of the molecule is CCCCCCCCCCCCC1OC(=O)C1CCN(CCO)CCCCCCCC(=O)OC(CCCCCCCC)CCCCCCCC. The second kappa shape index (κ2) is 34.9. The van der Waals surface area contributed by atoms with Crippen LogP contribution in [0.2, 0.25) is 0 Å². The van der Waals surface area contributed by atoms with Crippen molar-refractivity contribution in [3.63, 3.8) is 0 Å². The van der Waals surface area contributed by atoms with Gasteiger partial charge < -0.3 is 19.5 Å². The Morgan fingerprint density at radius 2 is 1.06 bits per heavy atom. The Labute approximate surface area is 311 Å². The van der Waals surface area contributed by atoms with Crippen LogP contribution in [0.5, 0.6) is 0 Å². The number of hydrogen-bond acceptors (Lipinski definition) is 6. The van der Waals surface area contributed by atoms with Gasteiger partial charge in [0.05, 0.1) is 12.5 Å². The summed E-state index contributed by atoms with van der Waals surface area (Å²) in [6.45, 7) is 9.40. The molecule has 0 spiro atoms. The number of rotatable bonds is 39. The highest BCUT2D eigenvalue weighted by molar-refractivity contribution is 5.78. The molecule has 0 aromatic carbocycles. The highest BCUT2D eigenvalue weighted by Crippen LogP contribution is 2.30. The van der Waals surface area contributed by atoms with Gasteiger partial charge in [0.2, 0.25) is 0 Å². The molecular formula is C44H85NO5. The second-order valence-electron chi connectivity index (χ2n) is 15.6. The first-order valence-corrected chi connectivity index (χ1v) is 22.3. The van der Waals surface area contributed by atoms with Crippen LogP contribution in [-0.4, -0.2) is 60.4 Å². The van der Waals surface area contributed by atoms with E-state index in [4.69, 9.17) is 9.47 Å². The molecule has 0 radical (unpaired) electrons. The summed E-state index contributed by atoms with van der Waals surface area (Å²) in [4.78, 5) is 27.3. The van der Waals surface area contributed by atoms with E-state index in [0.29, 0.717) is 13.0 Å². The number of cyclic esters (lactones) is 1. The van der Waals surface area contributed by atoms with E-state index < -0.39 is 0 Å². The van der Waals surface area contributed by atoms with Crippen LogP contribution >= 0.6 is 0 Å². The Balaban J connectivity index is 2.19. The lowest BCUT2D eigenvalue weighted by molar-refractivity contribution is -0.186. The Morgan fingerprint density at radius 3 is 1.56 bits per heavy atom. The lowest BCUT2D eigenvalue weighted by Crippen LogP contribution is -2.46. The van der Waals surface area contributed by atoms with Gasteiger partial charge in [-0.25, -0.2) is 0 Å². The maximum atomic E-state index is 12.7. The van der Waals surface area contributed by atoms with Crippen LogP contribution in [0.1, 0.15) is 226 Å². The van der Waals surface area contributed by atoms with Gasteiger partial charge in [-0.15, -0.1) is 0 Å². The largest absolute Gasteiger partial charge is 0.462 e. The molecule has 0 bridgehead atoms. The van der Waals surface area contributed by atoms with Gasteiger partial charge in [-0.05, 0) is 70.9 Å². The summed E-state index contributed by atoms with van der Waals surface area (Å²) in [6, 6.07) is 0. The fourth-order valence-corrected chi connectivity index (χ4v) is 7.54. The van der Waals surface area contributed by atoms with Crippen LogP contribution in [0.3, 0.4) is 0 Å². The van der Waals surface area contributed by atoms with E-state index in [0.717, 1.165) is 77.3 Å². The molecular weight excluding hydrogens is 622 g/mol. The molecule has 2 atom stereocenters. The maximum absolute atomic E-state index is 12.7. The van der Waals surface area contributed by atoms with Crippen molar-refractivity contribution >= 4 is 11.9 Å². The Kier molecular flexibility index (Phi) is 32.7. The van der Waals surface area contributed by atoms with Gasteiger partial charge in [0.1, 0.15) is 12.2 Å². The fourth-order valence-electron chi connectivity index (χ4n) is 7.54. The number of esters is 2. The molecule has 0 aliphatic carbocycles. The zero-order valence-electron chi connectivity index (χ0n) is 33.7. The third-order valence-corrected chi connectivity index (χ3v) is 10.9. The van der Waals surface area contributed by atoms with E-state index in [2.05, 4.69) is 25.7 Å². The lowest BCUT2D eigenvalue weighted by atomic mass is 9.89. The zero-order valence-corrected chi connectivity index (χ0v) is 33.7. The summed E-state index contributed by atoms with van der Waals surface area (Å²) in [5.41, 5.74) is 0. The van der Waals surface area contributed by atoms with E-state index in [9.17, 15) is 14.7 Å². The Morgan fingerprint density at radius 1 is 0.600 bits per heavy atom. The van der Waals surface area contributed by atoms with Gasteiger partial charge in [-0.1, -0.05) is 162 Å². The van der Waals surface area contributed by atoms with E-state index in [-0.39, 0.29) is 36.7 Å². The zero-order chi connectivity index (χ0) is 36.3. The second-order valence-corrected chi connectivity index (χ2v) is 15.6. The van der Waals surface area contributed by atoms with Crippen molar-refractivity contribution in [1.82, 2.24) is 4.90 Å². The summed E-state index contributed by atoms with van der Waals surface area (Å²) in [5, 5.41) is 9.63. The molecule has 1 rings (SSSR count). The molecule has 1 heterocycles. The normalized spacial score (nSPS) is 15.9. The number of unbranched alkanes of at least 4 members (excludes halogenated alkanes) is 23. The molecule has 296 valence electrons. The third-order valence-electron chi connectivity index (χ3n) is 10.9. The first kappa shape index (κ1) is 46.9. The van der Waals surface area contributed by atoms with Gasteiger partial charge in [0.15, 0.2) is 0 Å². The number of aliphatic hydroxyl groups excluding tert-OH is 1. The van der Waals surface area contributed by atoms with Gasteiger partial charge in [0, 0.05) is 13.0 Å². The molecule has 6 heteroatoms. The van der Waals surface area contributed by atoms with Crippen LogP contribution in [0, 0.1) is 5.92 Å². The molecule has 1 N–H and O–H groups in total. The molecule has 1 aliphatic heterocycles. The molecule has 1 aliphatic rings. The van der Waals surface area contributed by atoms with Crippen molar-refractivity contribution in [2.24, 2.45) is 5.92 Å². The minimum atomic E-state index is -0.0271. The number of hydrogen-bond donors (Lipinski definition) is 1. The van der Waals surface area contributed by atoms with Gasteiger partial charge in [-0.2, -0.15) is 0 Å². The number of ether oxygens (including phenoxy) is 2. The summed E-state index contributed by atoms with van der Waals surface area (Å²) in [5.74, 6) is 0.00785. The fraction of sp³-hybridized carbons (Fsp3) is 0.955. The van der Waals surface area contributed by atoms with E-state index in [1.54, 1.807) is 0 Å². The lowest BCUT2D eigenvalue weighted by Gasteiger charge is -2.36. The highest BCUT2D eigenvalue weighted by Gasteiger charge is 2.41. The monoisotopic (exact) mass is 708 g/mol. The topological polar surface area (TPSA) is 76.1 Å². The number of aliphatic hydroxyl groups is 1. The van der Waals surface area contributed by atoms with Crippen LogP contribution in [-0.2, 0) is 19.1 Å². The van der Waals surface area contributed by atoms with Gasteiger partial charge >= 0.3 is 11.9 Å². The average Bonchev–Trinajstić information content (AvgIpc) is 3.10. The van der Waals surface area contributed by atoms with Gasteiger partial charge in [-0.3, -0.25) is 9.59 Å². The van der Waals surface area contributed by atoms with Gasteiger partial charge in [0.25, 0.3) is 0 Å².